The Morgan fingerprint density at radius 3 is 2.29 bits per heavy atom. The minimum atomic E-state index is -0.427. The van der Waals surface area contributed by atoms with E-state index in [1.807, 2.05) is 20.8 Å². The van der Waals surface area contributed by atoms with Crippen LogP contribution in [-0.2, 0) is 9.47 Å². The zero-order valence-electron chi connectivity index (χ0n) is 13.6. The minimum absolute atomic E-state index is 0.250. The first-order valence-corrected chi connectivity index (χ1v) is 8.26. The second kappa shape index (κ2) is 7.45. The molecule has 1 aliphatic carbocycles. The molecule has 2 fully saturated rings. The van der Waals surface area contributed by atoms with Gasteiger partial charge in [0.05, 0.1) is 6.61 Å². The lowest BCUT2D eigenvalue weighted by Gasteiger charge is -2.34. The summed E-state index contributed by atoms with van der Waals surface area (Å²) in [6.07, 6.45) is 6.34. The van der Waals surface area contributed by atoms with Gasteiger partial charge in [-0.2, -0.15) is 0 Å². The van der Waals surface area contributed by atoms with Crippen molar-refractivity contribution in [3.8, 4) is 0 Å². The second-order valence-electron chi connectivity index (χ2n) is 7.28. The molecule has 1 heterocycles. The van der Waals surface area contributed by atoms with Crippen LogP contribution in [0.1, 0.15) is 59.3 Å². The minimum Gasteiger partial charge on any atom is -0.444 e. The van der Waals surface area contributed by atoms with Gasteiger partial charge in [0.25, 0.3) is 0 Å². The normalized spacial score (nSPS) is 30.7. The fraction of sp³-hybridized carbons (Fsp3) is 0.938. The molecule has 2 rings (SSSR count). The van der Waals surface area contributed by atoms with Crippen molar-refractivity contribution >= 4 is 6.09 Å². The fourth-order valence-electron chi connectivity index (χ4n) is 3.08. The summed E-state index contributed by atoms with van der Waals surface area (Å²) in [7, 11) is 0. The first kappa shape index (κ1) is 16.6. The van der Waals surface area contributed by atoms with E-state index in [4.69, 9.17) is 9.47 Å². The molecule has 5 heteroatoms. The number of rotatable bonds is 3. The van der Waals surface area contributed by atoms with Gasteiger partial charge < -0.3 is 20.1 Å². The maximum Gasteiger partial charge on any atom is 0.407 e. The molecule has 1 unspecified atom stereocenters. The smallest absolute Gasteiger partial charge is 0.407 e. The molecule has 2 aliphatic rings. The summed E-state index contributed by atoms with van der Waals surface area (Å²) < 4.78 is 10.8. The lowest BCUT2D eigenvalue weighted by atomic mass is 9.90. The Morgan fingerprint density at radius 1 is 1.05 bits per heavy atom. The molecule has 0 bridgehead atoms. The SMILES string of the molecule is CC(C)(C)OC(=O)NC1CCC(NC2CCCOC2)CC1. The highest BCUT2D eigenvalue weighted by Crippen LogP contribution is 2.21. The number of carbonyl (C=O) groups excluding carboxylic acids is 1. The van der Waals surface area contributed by atoms with Crippen molar-refractivity contribution in [1.82, 2.24) is 10.6 Å². The van der Waals surface area contributed by atoms with Crippen LogP contribution in [0.15, 0.2) is 0 Å². The van der Waals surface area contributed by atoms with Crippen molar-refractivity contribution in [2.24, 2.45) is 0 Å². The van der Waals surface area contributed by atoms with Crippen LogP contribution in [-0.4, -0.2) is 43.0 Å². The van der Waals surface area contributed by atoms with E-state index in [0.29, 0.717) is 12.1 Å². The van der Waals surface area contributed by atoms with E-state index in [0.717, 1.165) is 45.3 Å². The van der Waals surface area contributed by atoms with Crippen LogP contribution in [0.25, 0.3) is 0 Å². The van der Waals surface area contributed by atoms with E-state index >= 15 is 0 Å². The van der Waals surface area contributed by atoms with E-state index in [1.54, 1.807) is 0 Å². The summed E-state index contributed by atoms with van der Waals surface area (Å²) >= 11 is 0. The Bertz CT molecular complexity index is 327. The van der Waals surface area contributed by atoms with Gasteiger partial charge in [0.1, 0.15) is 5.60 Å². The summed E-state index contributed by atoms with van der Waals surface area (Å²) in [6.45, 7) is 7.42. The Morgan fingerprint density at radius 2 is 1.71 bits per heavy atom. The predicted octanol–water partition coefficient (Wildman–Crippen LogP) is 2.59. The molecule has 21 heavy (non-hydrogen) atoms. The molecule has 1 atom stereocenters. The van der Waals surface area contributed by atoms with E-state index < -0.39 is 5.60 Å². The van der Waals surface area contributed by atoms with Crippen molar-refractivity contribution in [2.45, 2.75) is 83.0 Å². The zero-order valence-corrected chi connectivity index (χ0v) is 13.6. The Labute approximate surface area is 128 Å². The maximum absolute atomic E-state index is 11.8. The summed E-state index contributed by atoms with van der Waals surface area (Å²) in [5.74, 6) is 0. The van der Waals surface area contributed by atoms with Crippen LogP contribution in [0.3, 0.4) is 0 Å². The average molecular weight is 298 g/mol. The number of ether oxygens (including phenoxy) is 2. The zero-order chi connectivity index (χ0) is 15.3. The molecule has 122 valence electrons. The molecule has 0 aromatic heterocycles. The van der Waals surface area contributed by atoms with Crippen molar-refractivity contribution < 1.29 is 14.3 Å². The molecule has 1 saturated heterocycles. The molecular weight excluding hydrogens is 268 g/mol. The van der Waals surface area contributed by atoms with Crippen LogP contribution < -0.4 is 10.6 Å². The van der Waals surface area contributed by atoms with Gasteiger partial charge >= 0.3 is 6.09 Å². The van der Waals surface area contributed by atoms with E-state index in [-0.39, 0.29) is 12.1 Å². The number of nitrogens with one attached hydrogen (secondary N) is 2. The lowest BCUT2D eigenvalue weighted by molar-refractivity contribution is 0.0479. The third-order valence-electron chi connectivity index (χ3n) is 4.08. The topological polar surface area (TPSA) is 59.6 Å². The predicted molar refractivity (Wildman–Crippen MR) is 82.4 cm³/mol. The van der Waals surface area contributed by atoms with Gasteiger partial charge in [0.2, 0.25) is 0 Å². The maximum atomic E-state index is 11.8. The van der Waals surface area contributed by atoms with E-state index in [1.165, 1.54) is 6.42 Å². The lowest BCUT2D eigenvalue weighted by Crippen LogP contribution is -2.48. The molecule has 1 saturated carbocycles. The number of hydrogen-bond acceptors (Lipinski definition) is 4. The Kier molecular flexibility index (Phi) is 5.88. The molecule has 5 nitrogen and oxygen atoms in total. The third kappa shape index (κ3) is 6.22. The quantitative estimate of drug-likeness (QED) is 0.841. The first-order chi connectivity index (χ1) is 9.92. The summed E-state index contributed by atoms with van der Waals surface area (Å²) in [5, 5.41) is 6.69. The molecular formula is C16H30N2O3. The first-order valence-electron chi connectivity index (χ1n) is 8.26. The molecule has 0 spiro atoms. The Hall–Kier alpha value is -0.810. The monoisotopic (exact) mass is 298 g/mol. The highest BCUT2D eigenvalue weighted by Gasteiger charge is 2.26. The van der Waals surface area contributed by atoms with Crippen molar-refractivity contribution in [3.63, 3.8) is 0 Å². The second-order valence-corrected chi connectivity index (χ2v) is 7.28. The van der Waals surface area contributed by atoms with Gasteiger partial charge in [-0.15, -0.1) is 0 Å². The number of alkyl carbamates (subject to hydrolysis) is 1. The number of amides is 1. The van der Waals surface area contributed by atoms with Gasteiger partial charge in [0, 0.05) is 24.7 Å². The molecule has 1 aliphatic heterocycles. The van der Waals surface area contributed by atoms with Gasteiger partial charge in [-0.3, -0.25) is 0 Å². The molecule has 1 amide bonds. The Balaban J connectivity index is 1.64. The van der Waals surface area contributed by atoms with Crippen LogP contribution in [0.4, 0.5) is 4.79 Å². The van der Waals surface area contributed by atoms with Crippen LogP contribution in [0.5, 0.6) is 0 Å². The van der Waals surface area contributed by atoms with E-state index in [2.05, 4.69) is 10.6 Å². The third-order valence-corrected chi connectivity index (χ3v) is 4.08. The average Bonchev–Trinajstić information content (AvgIpc) is 2.40. The van der Waals surface area contributed by atoms with Crippen molar-refractivity contribution in [1.29, 1.82) is 0 Å². The van der Waals surface area contributed by atoms with Gasteiger partial charge in [0.15, 0.2) is 0 Å². The number of hydrogen-bond donors (Lipinski definition) is 2. The summed E-state index contributed by atoms with van der Waals surface area (Å²) in [4.78, 5) is 11.8. The molecule has 2 N–H and O–H groups in total. The highest BCUT2D eigenvalue weighted by molar-refractivity contribution is 5.68. The van der Waals surface area contributed by atoms with Crippen LogP contribution in [0, 0.1) is 0 Å². The summed E-state index contributed by atoms with van der Waals surface area (Å²) in [6, 6.07) is 1.33. The van der Waals surface area contributed by atoms with Crippen LogP contribution in [0.2, 0.25) is 0 Å². The van der Waals surface area contributed by atoms with Crippen molar-refractivity contribution in [2.75, 3.05) is 13.2 Å². The van der Waals surface area contributed by atoms with Gasteiger partial charge in [-0.1, -0.05) is 0 Å². The van der Waals surface area contributed by atoms with Gasteiger partial charge in [-0.05, 0) is 59.3 Å². The van der Waals surface area contributed by atoms with Gasteiger partial charge in [-0.25, -0.2) is 4.79 Å². The van der Waals surface area contributed by atoms with Crippen molar-refractivity contribution in [3.05, 3.63) is 0 Å². The standard InChI is InChI=1S/C16H30N2O3/c1-16(2,3)21-15(19)18-13-8-6-12(7-9-13)17-14-5-4-10-20-11-14/h12-14,17H,4-11H2,1-3H3,(H,18,19). The fourth-order valence-corrected chi connectivity index (χ4v) is 3.08. The van der Waals surface area contributed by atoms with Crippen LogP contribution >= 0.6 is 0 Å². The molecule has 0 aromatic carbocycles. The largest absolute Gasteiger partial charge is 0.444 e. The molecule has 0 aromatic rings. The number of carbonyl (C=O) groups is 1. The molecule has 0 radical (unpaired) electrons. The highest BCUT2D eigenvalue weighted by atomic mass is 16.6. The van der Waals surface area contributed by atoms with E-state index in [9.17, 15) is 4.79 Å². The summed E-state index contributed by atoms with van der Waals surface area (Å²) in [5.41, 5.74) is -0.427.